The third-order valence-corrected chi connectivity index (χ3v) is 5.06. The topological polar surface area (TPSA) is 0 Å². The number of halogens is 2. The maximum Gasteiger partial charge on any atom is 0.456 e. The van der Waals surface area contributed by atoms with Gasteiger partial charge >= 0.3 is 8.74 Å². The van der Waals surface area contributed by atoms with Crippen molar-refractivity contribution in [1.82, 2.24) is 0 Å². The summed E-state index contributed by atoms with van der Waals surface area (Å²) in [5.74, 6) is 0. The second-order valence-corrected chi connectivity index (χ2v) is 6.13. The summed E-state index contributed by atoms with van der Waals surface area (Å²) in [5.41, 5.74) is 1.49. The normalized spacial score (nSPS) is 11.8. The summed E-state index contributed by atoms with van der Waals surface area (Å²) in [7, 11) is -4.17. The predicted octanol–water partition coefficient (Wildman–Crippen LogP) is 3.30. The fourth-order valence-corrected chi connectivity index (χ4v) is 4.03. The lowest BCUT2D eigenvalue weighted by molar-refractivity contribution is 0.614. The zero-order valence-corrected chi connectivity index (χ0v) is 9.90. The Hall–Kier alpha value is -0.703. The van der Waals surface area contributed by atoms with Gasteiger partial charge in [0.2, 0.25) is 0 Å². The van der Waals surface area contributed by atoms with Crippen LogP contribution in [0.2, 0.25) is 6.04 Å². The zero-order valence-electron chi connectivity index (χ0n) is 8.90. The molecule has 1 aromatic carbocycles. The van der Waals surface area contributed by atoms with Gasteiger partial charge in [0.05, 0.1) is 0 Å². The van der Waals surface area contributed by atoms with E-state index in [1.165, 1.54) is 0 Å². The van der Waals surface area contributed by atoms with Gasteiger partial charge < -0.3 is 0 Å². The van der Waals surface area contributed by atoms with Gasteiger partial charge in [0.25, 0.3) is 0 Å². The summed E-state index contributed by atoms with van der Waals surface area (Å²) in [4.78, 5) is 0. The van der Waals surface area contributed by atoms with E-state index in [2.05, 4.69) is 0 Å². The number of benzene rings is 1. The molecule has 0 radical (unpaired) electrons. The number of hydrogen-bond donors (Lipinski definition) is 0. The van der Waals surface area contributed by atoms with Crippen molar-refractivity contribution < 1.29 is 8.22 Å². The Bertz CT molecular complexity index is 301. The first kappa shape index (κ1) is 11.4. The van der Waals surface area contributed by atoms with Crippen LogP contribution in [0.3, 0.4) is 0 Å². The first-order valence-corrected chi connectivity index (χ1v) is 6.90. The van der Waals surface area contributed by atoms with Gasteiger partial charge in [-0.2, -0.15) is 0 Å². The molecule has 14 heavy (non-hydrogen) atoms. The van der Waals surface area contributed by atoms with Gasteiger partial charge in [-0.3, -0.25) is 8.22 Å². The van der Waals surface area contributed by atoms with E-state index >= 15 is 0 Å². The van der Waals surface area contributed by atoms with E-state index in [0.717, 1.165) is 11.1 Å². The molecule has 0 aliphatic carbocycles. The van der Waals surface area contributed by atoms with Gasteiger partial charge in [-0.15, -0.1) is 0 Å². The first-order chi connectivity index (χ1) is 6.49. The molecule has 78 valence electrons. The number of aryl methyl sites for hydroxylation is 2. The molecule has 0 aliphatic rings. The maximum atomic E-state index is 13.8. The Morgan fingerprint density at radius 3 is 2.07 bits per heavy atom. The van der Waals surface area contributed by atoms with Crippen molar-refractivity contribution in [3.05, 3.63) is 29.3 Å². The van der Waals surface area contributed by atoms with Crippen LogP contribution in [-0.2, 0) is 0 Å². The quantitative estimate of drug-likeness (QED) is 0.535. The highest BCUT2D eigenvalue weighted by molar-refractivity contribution is 6.80. The Morgan fingerprint density at radius 2 is 1.64 bits per heavy atom. The van der Waals surface area contributed by atoms with Gasteiger partial charge in [-0.1, -0.05) is 31.5 Å². The highest BCUT2D eigenvalue weighted by Crippen LogP contribution is 2.19. The lowest BCUT2D eigenvalue weighted by atomic mass is 10.2. The smallest absolute Gasteiger partial charge is 0.265 e. The minimum atomic E-state index is -4.17. The molecule has 3 heteroatoms. The highest BCUT2D eigenvalue weighted by atomic mass is 28.4. The molecule has 0 atom stereocenters. The summed E-state index contributed by atoms with van der Waals surface area (Å²) >= 11 is 0. The lowest BCUT2D eigenvalue weighted by Gasteiger charge is -2.17. The van der Waals surface area contributed by atoms with Crippen molar-refractivity contribution in [2.45, 2.75) is 33.2 Å². The number of hydrogen-bond acceptors (Lipinski definition) is 0. The van der Waals surface area contributed by atoms with E-state index in [4.69, 9.17) is 0 Å². The third-order valence-electron chi connectivity index (χ3n) is 2.41. The molecule has 1 rings (SSSR count). The Morgan fingerprint density at radius 1 is 1.14 bits per heavy atom. The highest BCUT2D eigenvalue weighted by Gasteiger charge is 2.39. The van der Waals surface area contributed by atoms with Crippen molar-refractivity contribution in [2.75, 3.05) is 0 Å². The van der Waals surface area contributed by atoms with Crippen LogP contribution in [0.5, 0.6) is 0 Å². The van der Waals surface area contributed by atoms with Crippen molar-refractivity contribution in [1.29, 1.82) is 0 Å². The Kier molecular flexibility index (Phi) is 3.42. The van der Waals surface area contributed by atoms with Crippen LogP contribution in [-0.4, -0.2) is 8.74 Å². The van der Waals surface area contributed by atoms with Crippen LogP contribution in [0, 0.1) is 13.8 Å². The van der Waals surface area contributed by atoms with Gasteiger partial charge in [-0.05, 0) is 25.0 Å². The molecular weight excluding hydrogens is 198 g/mol. The molecule has 0 unspecified atom stereocenters. The van der Waals surface area contributed by atoms with Crippen molar-refractivity contribution >= 4 is 13.9 Å². The average Bonchev–Trinajstić information content (AvgIpc) is 2.02. The van der Waals surface area contributed by atoms with E-state index in [-0.39, 0.29) is 6.04 Å². The molecule has 0 saturated heterocycles. The third kappa shape index (κ3) is 2.21. The summed E-state index contributed by atoms with van der Waals surface area (Å²) in [6.07, 6.45) is 0.562. The first-order valence-electron chi connectivity index (χ1n) is 4.93. The van der Waals surface area contributed by atoms with Gasteiger partial charge in [0.1, 0.15) is 0 Å². The minimum Gasteiger partial charge on any atom is -0.265 e. The van der Waals surface area contributed by atoms with Gasteiger partial charge in [0, 0.05) is 11.2 Å². The fourth-order valence-electron chi connectivity index (χ4n) is 1.83. The van der Waals surface area contributed by atoms with Gasteiger partial charge in [-0.25, -0.2) is 0 Å². The van der Waals surface area contributed by atoms with E-state index in [9.17, 15) is 8.22 Å². The largest absolute Gasteiger partial charge is 0.456 e. The predicted molar refractivity (Wildman–Crippen MR) is 58.6 cm³/mol. The molecule has 0 aromatic heterocycles. The molecule has 0 spiro atoms. The van der Waals surface area contributed by atoms with Crippen LogP contribution >= 0.6 is 0 Å². The number of rotatable bonds is 3. The van der Waals surface area contributed by atoms with E-state index < -0.39 is 8.74 Å². The second-order valence-electron chi connectivity index (χ2n) is 3.72. The summed E-state index contributed by atoms with van der Waals surface area (Å²) < 4.78 is 27.6. The van der Waals surface area contributed by atoms with Crippen LogP contribution in [0.25, 0.3) is 0 Å². The molecular formula is C11H16F2Si. The zero-order chi connectivity index (χ0) is 10.8. The second kappa shape index (κ2) is 4.21. The van der Waals surface area contributed by atoms with Crippen molar-refractivity contribution in [3.63, 3.8) is 0 Å². The molecule has 0 amide bonds. The van der Waals surface area contributed by atoms with E-state index in [0.29, 0.717) is 11.6 Å². The van der Waals surface area contributed by atoms with Gasteiger partial charge in [0.15, 0.2) is 0 Å². The summed E-state index contributed by atoms with van der Waals surface area (Å²) in [6.45, 7) is 5.37. The van der Waals surface area contributed by atoms with Crippen LogP contribution in [0.4, 0.5) is 8.22 Å². The Balaban J connectivity index is 3.17. The SMILES string of the molecule is CCC[Si](F)(F)c1c(C)cccc1C. The van der Waals surface area contributed by atoms with Crippen molar-refractivity contribution in [2.24, 2.45) is 0 Å². The van der Waals surface area contributed by atoms with Crippen LogP contribution in [0.15, 0.2) is 18.2 Å². The Labute approximate surface area is 85.3 Å². The van der Waals surface area contributed by atoms with Crippen LogP contribution < -0.4 is 5.19 Å². The maximum absolute atomic E-state index is 13.8. The summed E-state index contributed by atoms with van der Waals surface area (Å²) in [6, 6.07) is 5.46. The molecule has 0 saturated carbocycles. The molecule has 0 bridgehead atoms. The minimum absolute atomic E-state index is 0.0681. The lowest BCUT2D eigenvalue weighted by Crippen LogP contribution is -2.42. The fraction of sp³-hybridized carbons (Fsp3) is 0.455. The molecule has 0 heterocycles. The summed E-state index contributed by atoms with van der Waals surface area (Å²) in [5, 5.41) is 0.349. The molecule has 0 N–H and O–H groups in total. The van der Waals surface area contributed by atoms with E-state index in [1.807, 2.05) is 13.0 Å². The molecule has 1 aromatic rings. The molecule has 0 aliphatic heterocycles. The monoisotopic (exact) mass is 214 g/mol. The van der Waals surface area contributed by atoms with Crippen molar-refractivity contribution in [3.8, 4) is 0 Å². The average molecular weight is 214 g/mol. The standard InChI is InChI=1S/C11H16F2Si/c1-4-8-14(12,13)11-9(2)6-5-7-10(11)3/h5-7H,4,8H2,1-3H3. The molecule has 0 fully saturated rings. The van der Waals surface area contributed by atoms with E-state index in [1.54, 1.807) is 26.0 Å². The van der Waals surface area contributed by atoms with Crippen LogP contribution in [0.1, 0.15) is 24.5 Å². The molecule has 0 nitrogen and oxygen atoms in total.